The molecule has 0 aliphatic carbocycles. The Labute approximate surface area is 121 Å². The Morgan fingerprint density at radius 2 is 1.80 bits per heavy atom. The van der Waals surface area contributed by atoms with E-state index in [1.807, 2.05) is 19.2 Å². The lowest BCUT2D eigenvalue weighted by molar-refractivity contribution is 0.145. The van der Waals surface area contributed by atoms with Crippen LogP contribution in [0, 0.1) is 11.7 Å². The van der Waals surface area contributed by atoms with Gasteiger partial charge in [-0.05, 0) is 25.1 Å². The summed E-state index contributed by atoms with van der Waals surface area (Å²) in [6.45, 7) is 9.34. The van der Waals surface area contributed by atoms with Crippen LogP contribution < -0.4 is 10.2 Å². The summed E-state index contributed by atoms with van der Waals surface area (Å²) in [5, 5.41) is 3.28. The molecule has 0 spiro atoms. The van der Waals surface area contributed by atoms with Gasteiger partial charge in [-0.15, -0.1) is 0 Å². The molecular weight excluding hydrogens is 253 g/mol. The van der Waals surface area contributed by atoms with Crippen molar-refractivity contribution >= 4 is 5.69 Å². The van der Waals surface area contributed by atoms with Crippen LogP contribution in [0.1, 0.15) is 13.8 Å². The number of nitrogens with zero attached hydrogens (tertiary/aromatic N) is 2. The number of nitrogens with one attached hydrogen (secondary N) is 1. The maximum atomic E-state index is 13.8. The number of anilines is 1. The van der Waals surface area contributed by atoms with Crippen LogP contribution in [0.2, 0.25) is 0 Å². The van der Waals surface area contributed by atoms with Gasteiger partial charge in [-0.1, -0.05) is 26.0 Å². The van der Waals surface area contributed by atoms with Crippen molar-refractivity contribution in [2.24, 2.45) is 5.92 Å². The Kier molecular flexibility index (Phi) is 5.38. The predicted molar refractivity (Wildman–Crippen MR) is 82.7 cm³/mol. The van der Waals surface area contributed by atoms with Crippen molar-refractivity contribution in [2.45, 2.75) is 19.9 Å². The molecule has 1 saturated heterocycles. The molecule has 4 heteroatoms. The molecule has 1 fully saturated rings. The highest BCUT2D eigenvalue weighted by molar-refractivity contribution is 5.48. The van der Waals surface area contributed by atoms with Gasteiger partial charge in [0, 0.05) is 38.8 Å². The lowest BCUT2D eigenvalue weighted by atomic mass is 10.0. The van der Waals surface area contributed by atoms with E-state index >= 15 is 0 Å². The van der Waals surface area contributed by atoms with E-state index in [4.69, 9.17) is 0 Å². The van der Waals surface area contributed by atoms with Crippen molar-refractivity contribution in [3.63, 3.8) is 0 Å². The molecule has 0 radical (unpaired) electrons. The van der Waals surface area contributed by atoms with Gasteiger partial charge in [-0.3, -0.25) is 4.90 Å². The Hall–Kier alpha value is -1.13. The number of hydrogen-bond acceptors (Lipinski definition) is 3. The van der Waals surface area contributed by atoms with Gasteiger partial charge in [0.2, 0.25) is 0 Å². The molecule has 1 aromatic carbocycles. The largest absolute Gasteiger partial charge is 0.367 e. The smallest absolute Gasteiger partial charge is 0.146 e. The molecule has 1 heterocycles. The Bertz CT molecular complexity index is 414. The zero-order chi connectivity index (χ0) is 14.5. The van der Waals surface area contributed by atoms with Gasteiger partial charge in [0.25, 0.3) is 0 Å². The summed E-state index contributed by atoms with van der Waals surface area (Å²) >= 11 is 0. The summed E-state index contributed by atoms with van der Waals surface area (Å²) in [5.41, 5.74) is 0.738. The van der Waals surface area contributed by atoms with Crippen LogP contribution in [-0.2, 0) is 0 Å². The van der Waals surface area contributed by atoms with E-state index in [0.717, 1.165) is 38.4 Å². The van der Waals surface area contributed by atoms with E-state index < -0.39 is 0 Å². The molecule has 1 atom stereocenters. The van der Waals surface area contributed by atoms with Crippen LogP contribution in [0.25, 0.3) is 0 Å². The second-order valence-corrected chi connectivity index (χ2v) is 5.84. The maximum Gasteiger partial charge on any atom is 0.146 e. The third-order valence-electron chi connectivity index (χ3n) is 4.16. The summed E-state index contributed by atoms with van der Waals surface area (Å²) in [5.74, 6) is 0.513. The van der Waals surface area contributed by atoms with Gasteiger partial charge < -0.3 is 10.2 Å². The maximum absolute atomic E-state index is 13.8. The fraction of sp³-hybridized carbons (Fsp3) is 0.625. The Balaban J connectivity index is 1.97. The third-order valence-corrected chi connectivity index (χ3v) is 4.16. The standard InChI is InChI=1S/C16H26FN3/c1-13(2)16(12-18-3)20-10-8-19(9-11-20)15-7-5-4-6-14(15)17/h4-7,13,16,18H,8-12H2,1-3H3. The highest BCUT2D eigenvalue weighted by Crippen LogP contribution is 2.21. The predicted octanol–water partition coefficient (Wildman–Crippen LogP) is 2.19. The van der Waals surface area contributed by atoms with E-state index in [1.165, 1.54) is 0 Å². The average Bonchev–Trinajstić information content (AvgIpc) is 2.45. The molecule has 20 heavy (non-hydrogen) atoms. The van der Waals surface area contributed by atoms with Gasteiger partial charge in [-0.2, -0.15) is 0 Å². The molecule has 0 saturated carbocycles. The summed E-state index contributed by atoms with van der Waals surface area (Å²) in [4.78, 5) is 4.68. The van der Waals surface area contributed by atoms with Crippen LogP contribution in [-0.4, -0.2) is 50.7 Å². The van der Waals surface area contributed by atoms with Gasteiger partial charge in [0.1, 0.15) is 5.82 Å². The number of benzene rings is 1. The van der Waals surface area contributed by atoms with Gasteiger partial charge in [0.15, 0.2) is 0 Å². The number of piperazine rings is 1. The van der Waals surface area contributed by atoms with E-state index in [0.29, 0.717) is 12.0 Å². The fourth-order valence-electron chi connectivity index (χ4n) is 3.00. The van der Waals surface area contributed by atoms with Crippen molar-refractivity contribution in [1.82, 2.24) is 10.2 Å². The topological polar surface area (TPSA) is 18.5 Å². The minimum atomic E-state index is -0.114. The molecule has 112 valence electrons. The first kappa shape index (κ1) is 15.3. The van der Waals surface area contributed by atoms with E-state index in [9.17, 15) is 4.39 Å². The zero-order valence-corrected chi connectivity index (χ0v) is 12.8. The van der Waals surface area contributed by atoms with E-state index in [-0.39, 0.29) is 5.82 Å². The van der Waals surface area contributed by atoms with Crippen LogP contribution in [0.5, 0.6) is 0 Å². The van der Waals surface area contributed by atoms with Crippen LogP contribution in [0.4, 0.5) is 10.1 Å². The average molecular weight is 279 g/mol. The third kappa shape index (κ3) is 3.49. The number of rotatable bonds is 5. The first-order chi connectivity index (χ1) is 9.63. The molecule has 2 rings (SSSR count). The lowest BCUT2D eigenvalue weighted by Gasteiger charge is -2.41. The number of halogens is 1. The Morgan fingerprint density at radius 3 is 2.35 bits per heavy atom. The van der Waals surface area contributed by atoms with Crippen LogP contribution in [0.3, 0.4) is 0 Å². The summed E-state index contributed by atoms with van der Waals surface area (Å²) in [6, 6.07) is 7.63. The molecule has 1 aromatic rings. The Morgan fingerprint density at radius 1 is 1.15 bits per heavy atom. The first-order valence-electron chi connectivity index (χ1n) is 7.51. The highest BCUT2D eigenvalue weighted by Gasteiger charge is 2.26. The molecule has 3 nitrogen and oxygen atoms in total. The van der Waals surface area contributed by atoms with Crippen molar-refractivity contribution in [2.75, 3.05) is 44.7 Å². The van der Waals surface area contributed by atoms with Gasteiger partial charge in [0.05, 0.1) is 5.69 Å². The van der Waals surface area contributed by atoms with Crippen molar-refractivity contribution < 1.29 is 4.39 Å². The number of hydrogen-bond donors (Lipinski definition) is 1. The monoisotopic (exact) mass is 279 g/mol. The highest BCUT2D eigenvalue weighted by atomic mass is 19.1. The number of para-hydroxylation sites is 1. The molecule has 0 aromatic heterocycles. The molecule has 0 amide bonds. The van der Waals surface area contributed by atoms with Crippen LogP contribution >= 0.6 is 0 Å². The SMILES string of the molecule is CNCC(C(C)C)N1CCN(c2ccccc2F)CC1. The van der Waals surface area contributed by atoms with Crippen LogP contribution in [0.15, 0.2) is 24.3 Å². The quantitative estimate of drug-likeness (QED) is 0.891. The summed E-state index contributed by atoms with van der Waals surface area (Å²) < 4.78 is 13.8. The fourth-order valence-corrected chi connectivity index (χ4v) is 3.00. The zero-order valence-electron chi connectivity index (χ0n) is 12.8. The first-order valence-corrected chi connectivity index (χ1v) is 7.51. The van der Waals surface area contributed by atoms with Crippen molar-refractivity contribution in [3.8, 4) is 0 Å². The minimum Gasteiger partial charge on any atom is -0.367 e. The summed E-state index contributed by atoms with van der Waals surface area (Å²) in [6.07, 6.45) is 0. The van der Waals surface area contributed by atoms with E-state index in [2.05, 4.69) is 29.0 Å². The molecular formula is C16H26FN3. The van der Waals surface area contributed by atoms with Gasteiger partial charge >= 0.3 is 0 Å². The lowest BCUT2D eigenvalue weighted by Crippen LogP contribution is -2.54. The molecule has 1 aliphatic rings. The van der Waals surface area contributed by atoms with Crippen molar-refractivity contribution in [1.29, 1.82) is 0 Å². The summed E-state index contributed by atoms with van der Waals surface area (Å²) in [7, 11) is 2.00. The molecule has 1 N–H and O–H groups in total. The normalized spacial score (nSPS) is 18.6. The van der Waals surface area contributed by atoms with Gasteiger partial charge in [-0.25, -0.2) is 4.39 Å². The van der Waals surface area contributed by atoms with E-state index in [1.54, 1.807) is 12.1 Å². The number of likely N-dealkylation sites (N-methyl/N-ethyl adjacent to an activating group) is 1. The second-order valence-electron chi connectivity index (χ2n) is 5.84. The van der Waals surface area contributed by atoms with Crippen molar-refractivity contribution in [3.05, 3.63) is 30.1 Å². The molecule has 0 bridgehead atoms. The second kappa shape index (κ2) is 7.04. The molecule has 1 aliphatic heterocycles. The molecule has 1 unspecified atom stereocenters. The minimum absolute atomic E-state index is 0.114.